The van der Waals surface area contributed by atoms with Crippen molar-refractivity contribution in [3.8, 4) is 0 Å². The van der Waals surface area contributed by atoms with Gasteiger partial charge in [-0.05, 0) is 25.6 Å². The Bertz CT molecular complexity index is 298. The van der Waals surface area contributed by atoms with Crippen molar-refractivity contribution in [3.05, 3.63) is 29.8 Å². The van der Waals surface area contributed by atoms with E-state index in [2.05, 4.69) is 43.1 Å². The fourth-order valence-corrected chi connectivity index (χ4v) is 2.71. The number of hydrogen-bond acceptors (Lipinski definition) is 2. The summed E-state index contributed by atoms with van der Waals surface area (Å²) in [5.74, 6) is 1.20. The van der Waals surface area contributed by atoms with Gasteiger partial charge in [0.15, 0.2) is 0 Å². The molecule has 2 rings (SSSR count). The first-order chi connectivity index (χ1) is 6.27. The van der Waals surface area contributed by atoms with Crippen molar-refractivity contribution < 1.29 is 0 Å². The van der Waals surface area contributed by atoms with E-state index in [9.17, 15) is 0 Å². The highest BCUT2D eigenvalue weighted by atomic mass is 32.2. The van der Waals surface area contributed by atoms with Crippen LogP contribution in [0.1, 0.15) is 12.5 Å². The van der Waals surface area contributed by atoms with Gasteiger partial charge < -0.3 is 0 Å². The molecule has 0 spiro atoms. The second-order valence-electron chi connectivity index (χ2n) is 3.68. The first kappa shape index (κ1) is 9.10. The predicted octanol–water partition coefficient (Wildman–Crippen LogP) is 2.61. The zero-order chi connectivity index (χ0) is 9.26. The molecule has 0 aliphatic carbocycles. The molecule has 2 heteroatoms. The maximum absolute atomic E-state index is 2.42. The second-order valence-corrected chi connectivity index (χ2v) is 4.74. The van der Waals surface area contributed by atoms with Gasteiger partial charge in [0, 0.05) is 23.2 Å². The van der Waals surface area contributed by atoms with Crippen LogP contribution >= 0.6 is 11.8 Å². The van der Waals surface area contributed by atoms with Gasteiger partial charge >= 0.3 is 0 Å². The minimum Gasteiger partial charge on any atom is -0.299 e. The molecule has 1 nitrogen and oxygen atoms in total. The predicted molar refractivity (Wildman–Crippen MR) is 58.1 cm³/mol. The van der Waals surface area contributed by atoms with Gasteiger partial charge in [-0.2, -0.15) is 0 Å². The summed E-state index contributed by atoms with van der Waals surface area (Å²) in [7, 11) is 2.20. The molecular formula is C11H15NS. The SMILES string of the molecule is CC1CSc2ccccc2CN1C. The van der Waals surface area contributed by atoms with Crippen LogP contribution in [0.15, 0.2) is 29.2 Å². The summed E-state index contributed by atoms with van der Waals surface area (Å²) in [6.07, 6.45) is 0. The normalized spacial score (nSPS) is 23.7. The van der Waals surface area contributed by atoms with Gasteiger partial charge in [-0.1, -0.05) is 18.2 Å². The third kappa shape index (κ3) is 1.89. The summed E-state index contributed by atoms with van der Waals surface area (Å²) in [4.78, 5) is 3.87. The maximum atomic E-state index is 2.42. The van der Waals surface area contributed by atoms with E-state index in [-0.39, 0.29) is 0 Å². The van der Waals surface area contributed by atoms with Crippen molar-refractivity contribution in [1.82, 2.24) is 4.90 Å². The van der Waals surface area contributed by atoms with Crippen LogP contribution in [0.4, 0.5) is 0 Å². The summed E-state index contributed by atoms with van der Waals surface area (Å²) in [5.41, 5.74) is 1.47. The number of rotatable bonds is 0. The molecule has 0 saturated heterocycles. The fourth-order valence-electron chi connectivity index (χ4n) is 1.54. The summed E-state index contributed by atoms with van der Waals surface area (Å²) in [6.45, 7) is 3.38. The third-order valence-corrected chi connectivity index (χ3v) is 3.98. The molecule has 70 valence electrons. The van der Waals surface area contributed by atoms with Crippen LogP contribution in [-0.2, 0) is 6.54 Å². The second kappa shape index (κ2) is 3.72. The first-order valence-corrected chi connectivity index (χ1v) is 5.67. The highest BCUT2D eigenvalue weighted by Crippen LogP contribution is 2.28. The number of thioether (sulfide) groups is 1. The molecule has 1 heterocycles. The molecule has 1 aromatic rings. The highest BCUT2D eigenvalue weighted by Gasteiger charge is 2.16. The standard InChI is InChI=1S/C11H15NS/c1-9-8-13-11-6-4-3-5-10(11)7-12(9)2/h3-6,9H,7-8H2,1-2H3. The van der Waals surface area contributed by atoms with Crippen LogP contribution in [0, 0.1) is 0 Å². The Kier molecular flexibility index (Phi) is 2.61. The smallest absolute Gasteiger partial charge is 0.0244 e. The molecule has 13 heavy (non-hydrogen) atoms. The van der Waals surface area contributed by atoms with E-state index in [0.717, 1.165) is 6.54 Å². The Hall–Kier alpha value is -0.470. The molecule has 1 aliphatic heterocycles. The quantitative estimate of drug-likeness (QED) is 0.623. The average molecular weight is 193 g/mol. The summed E-state index contributed by atoms with van der Waals surface area (Å²) in [5, 5.41) is 0. The summed E-state index contributed by atoms with van der Waals surface area (Å²) in [6, 6.07) is 9.39. The van der Waals surface area contributed by atoms with Crippen molar-refractivity contribution in [2.75, 3.05) is 12.8 Å². The molecule has 0 radical (unpaired) electrons. The zero-order valence-corrected chi connectivity index (χ0v) is 8.97. The maximum Gasteiger partial charge on any atom is 0.0244 e. The topological polar surface area (TPSA) is 3.24 Å². The first-order valence-electron chi connectivity index (χ1n) is 4.68. The van der Waals surface area contributed by atoms with Crippen molar-refractivity contribution in [3.63, 3.8) is 0 Å². The van der Waals surface area contributed by atoms with E-state index < -0.39 is 0 Å². The molecule has 1 aromatic carbocycles. The van der Waals surface area contributed by atoms with Crippen molar-refractivity contribution in [2.45, 2.75) is 24.4 Å². The van der Waals surface area contributed by atoms with Gasteiger partial charge in [0.2, 0.25) is 0 Å². The molecule has 0 saturated carbocycles. The summed E-state index contributed by atoms with van der Waals surface area (Å²) >= 11 is 1.98. The Balaban J connectivity index is 2.29. The molecule has 1 unspecified atom stereocenters. The number of fused-ring (bicyclic) bond motifs is 1. The van der Waals surface area contributed by atoms with Gasteiger partial charge in [-0.25, -0.2) is 0 Å². The van der Waals surface area contributed by atoms with Crippen LogP contribution in [0.25, 0.3) is 0 Å². The van der Waals surface area contributed by atoms with Crippen LogP contribution in [-0.4, -0.2) is 23.7 Å². The van der Waals surface area contributed by atoms with Crippen LogP contribution in [0.2, 0.25) is 0 Å². The number of nitrogens with zero attached hydrogens (tertiary/aromatic N) is 1. The Morgan fingerprint density at radius 2 is 2.15 bits per heavy atom. The van der Waals surface area contributed by atoms with Crippen LogP contribution in [0.5, 0.6) is 0 Å². The molecule has 0 fully saturated rings. The highest BCUT2D eigenvalue weighted by molar-refractivity contribution is 7.99. The Labute approximate surface area is 84.1 Å². The van der Waals surface area contributed by atoms with Crippen molar-refractivity contribution in [2.24, 2.45) is 0 Å². The van der Waals surface area contributed by atoms with Gasteiger partial charge in [-0.15, -0.1) is 11.8 Å². The van der Waals surface area contributed by atoms with Crippen molar-refractivity contribution >= 4 is 11.8 Å². The van der Waals surface area contributed by atoms with Gasteiger partial charge in [0.1, 0.15) is 0 Å². The van der Waals surface area contributed by atoms with E-state index in [4.69, 9.17) is 0 Å². The largest absolute Gasteiger partial charge is 0.299 e. The van der Waals surface area contributed by atoms with Crippen molar-refractivity contribution in [1.29, 1.82) is 0 Å². The van der Waals surface area contributed by atoms with E-state index >= 15 is 0 Å². The van der Waals surface area contributed by atoms with E-state index in [0.29, 0.717) is 6.04 Å². The Morgan fingerprint density at radius 1 is 1.38 bits per heavy atom. The summed E-state index contributed by atoms with van der Waals surface area (Å²) < 4.78 is 0. The molecule has 0 aromatic heterocycles. The molecular weight excluding hydrogens is 178 g/mol. The van der Waals surface area contributed by atoms with E-state index in [1.165, 1.54) is 16.2 Å². The lowest BCUT2D eigenvalue weighted by molar-refractivity contribution is 0.271. The molecule has 0 amide bonds. The van der Waals surface area contributed by atoms with Crippen LogP contribution in [0.3, 0.4) is 0 Å². The lowest BCUT2D eigenvalue weighted by atomic mass is 10.2. The molecule has 0 bridgehead atoms. The van der Waals surface area contributed by atoms with Gasteiger partial charge in [0.05, 0.1) is 0 Å². The lowest BCUT2D eigenvalue weighted by Gasteiger charge is -2.20. The van der Waals surface area contributed by atoms with Crippen LogP contribution < -0.4 is 0 Å². The lowest BCUT2D eigenvalue weighted by Crippen LogP contribution is -2.28. The fraction of sp³-hybridized carbons (Fsp3) is 0.455. The van der Waals surface area contributed by atoms with E-state index in [1.807, 2.05) is 11.8 Å². The molecule has 1 aliphatic rings. The van der Waals surface area contributed by atoms with Gasteiger partial charge in [0.25, 0.3) is 0 Å². The van der Waals surface area contributed by atoms with Gasteiger partial charge in [-0.3, -0.25) is 4.90 Å². The average Bonchev–Trinajstić information content (AvgIpc) is 2.28. The molecule has 1 atom stereocenters. The van der Waals surface area contributed by atoms with E-state index in [1.54, 1.807) is 0 Å². The monoisotopic (exact) mass is 193 g/mol. The number of hydrogen-bond donors (Lipinski definition) is 0. The number of benzene rings is 1. The molecule has 0 N–H and O–H groups in total. The Morgan fingerprint density at radius 3 is 3.00 bits per heavy atom. The minimum absolute atomic E-state index is 0.678. The third-order valence-electron chi connectivity index (χ3n) is 2.62. The minimum atomic E-state index is 0.678. The zero-order valence-electron chi connectivity index (χ0n) is 8.16.